The maximum absolute atomic E-state index is 11.7. The Labute approximate surface area is 114 Å². The summed E-state index contributed by atoms with van der Waals surface area (Å²) in [7, 11) is 1.58. The normalized spacial score (nSPS) is 10.7. The van der Waals surface area contributed by atoms with E-state index in [-0.39, 0.29) is 11.4 Å². The van der Waals surface area contributed by atoms with Crippen molar-refractivity contribution in [3.8, 4) is 5.75 Å². The van der Waals surface area contributed by atoms with Gasteiger partial charge in [0, 0.05) is 6.54 Å². The van der Waals surface area contributed by atoms with Crippen LogP contribution in [0.4, 0.5) is 10.5 Å². The van der Waals surface area contributed by atoms with E-state index >= 15 is 0 Å². The molecule has 0 spiro atoms. The average molecular weight is 262 g/mol. The average Bonchev–Trinajstić information content (AvgIpc) is 2.35. The zero-order valence-electron chi connectivity index (χ0n) is 12.0. The number of benzene rings is 1. The number of urea groups is 1. The van der Waals surface area contributed by atoms with E-state index in [1.54, 1.807) is 13.2 Å². The fraction of sp³-hybridized carbons (Fsp3) is 0.400. The molecule has 0 bridgehead atoms. The quantitative estimate of drug-likeness (QED) is 0.818. The molecule has 1 aromatic rings. The molecule has 0 unspecified atom stereocenters. The Balaban J connectivity index is 2.96. The molecule has 0 radical (unpaired) electrons. The van der Waals surface area contributed by atoms with Gasteiger partial charge in [0.1, 0.15) is 5.75 Å². The number of nitrogens with one attached hydrogen (secondary N) is 2. The van der Waals surface area contributed by atoms with Gasteiger partial charge in [0.15, 0.2) is 0 Å². The Hall–Kier alpha value is -1.97. The van der Waals surface area contributed by atoms with Crippen LogP contribution in [0.5, 0.6) is 5.75 Å². The molecular formula is C15H22N2O2. The Morgan fingerprint density at radius 1 is 1.42 bits per heavy atom. The standard InChI is InChI=1S/C15H22N2O2/c1-6-9-16-14(18)17-12-10-11(15(2,3)4)7-8-13(12)19-5/h6-8,10H,1,9H2,2-5H3,(H2,16,17,18). The Morgan fingerprint density at radius 3 is 2.63 bits per heavy atom. The highest BCUT2D eigenvalue weighted by atomic mass is 16.5. The Morgan fingerprint density at radius 2 is 2.11 bits per heavy atom. The lowest BCUT2D eigenvalue weighted by Crippen LogP contribution is -2.29. The molecule has 4 heteroatoms. The van der Waals surface area contributed by atoms with Crippen LogP contribution in [-0.2, 0) is 5.41 Å². The molecule has 4 nitrogen and oxygen atoms in total. The number of rotatable bonds is 4. The number of carbonyl (C=O) groups is 1. The highest BCUT2D eigenvalue weighted by Crippen LogP contribution is 2.31. The van der Waals surface area contributed by atoms with Crippen molar-refractivity contribution in [2.75, 3.05) is 19.0 Å². The topological polar surface area (TPSA) is 50.4 Å². The van der Waals surface area contributed by atoms with E-state index in [0.29, 0.717) is 18.0 Å². The number of amides is 2. The lowest BCUT2D eigenvalue weighted by molar-refractivity contribution is 0.253. The Kier molecular flexibility index (Phi) is 4.98. The number of ether oxygens (including phenoxy) is 1. The van der Waals surface area contributed by atoms with E-state index in [1.165, 1.54) is 0 Å². The van der Waals surface area contributed by atoms with Gasteiger partial charge in [0.2, 0.25) is 0 Å². The summed E-state index contributed by atoms with van der Waals surface area (Å²) in [6.45, 7) is 10.3. The summed E-state index contributed by atoms with van der Waals surface area (Å²) < 4.78 is 5.26. The molecule has 2 N–H and O–H groups in total. The third-order valence-electron chi connectivity index (χ3n) is 2.72. The van der Waals surface area contributed by atoms with Gasteiger partial charge in [0.25, 0.3) is 0 Å². The molecule has 0 saturated carbocycles. The van der Waals surface area contributed by atoms with E-state index in [1.807, 2.05) is 18.2 Å². The highest BCUT2D eigenvalue weighted by Gasteiger charge is 2.16. The number of carbonyl (C=O) groups excluding carboxylic acids is 1. The summed E-state index contributed by atoms with van der Waals surface area (Å²) in [5, 5.41) is 5.45. The number of hydrogen-bond acceptors (Lipinski definition) is 2. The van der Waals surface area contributed by atoms with Gasteiger partial charge < -0.3 is 15.4 Å². The first-order valence-electron chi connectivity index (χ1n) is 6.22. The Bertz CT molecular complexity index is 462. The fourth-order valence-corrected chi connectivity index (χ4v) is 1.60. The molecule has 0 saturated heterocycles. The van der Waals surface area contributed by atoms with Crippen molar-refractivity contribution in [2.24, 2.45) is 0 Å². The van der Waals surface area contributed by atoms with E-state index in [2.05, 4.69) is 38.0 Å². The minimum atomic E-state index is -0.274. The van der Waals surface area contributed by atoms with Gasteiger partial charge >= 0.3 is 6.03 Å². The lowest BCUT2D eigenvalue weighted by Gasteiger charge is -2.21. The molecule has 19 heavy (non-hydrogen) atoms. The van der Waals surface area contributed by atoms with Gasteiger partial charge in [-0.1, -0.05) is 32.9 Å². The first-order valence-corrected chi connectivity index (χ1v) is 6.22. The van der Waals surface area contributed by atoms with Crippen molar-refractivity contribution in [2.45, 2.75) is 26.2 Å². The van der Waals surface area contributed by atoms with Crippen LogP contribution in [0.15, 0.2) is 30.9 Å². The van der Waals surface area contributed by atoms with Crippen LogP contribution < -0.4 is 15.4 Å². The van der Waals surface area contributed by atoms with Gasteiger partial charge in [-0.15, -0.1) is 6.58 Å². The minimum Gasteiger partial charge on any atom is -0.495 e. The van der Waals surface area contributed by atoms with Crippen molar-refractivity contribution >= 4 is 11.7 Å². The van der Waals surface area contributed by atoms with Crippen molar-refractivity contribution in [3.63, 3.8) is 0 Å². The third-order valence-corrected chi connectivity index (χ3v) is 2.72. The van der Waals surface area contributed by atoms with Crippen LogP contribution >= 0.6 is 0 Å². The van der Waals surface area contributed by atoms with Gasteiger partial charge in [-0.05, 0) is 23.1 Å². The van der Waals surface area contributed by atoms with Crippen molar-refractivity contribution < 1.29 is 9.53 Å². The van der Waals surface area contributed by atoms with Crippen LogP contribution in [-0.4, -0.2) is 19.7 Å². The number of hydrogen-bond donors (Lipinski definition) is 2. The molecule has 1 rings (SSSR count). The minimum absolute atomic E-state index is 0.0142. The molecule has 0 atom stereocenters. The molecule has 0 heterocycles. The van der Waals surface area contributed by atoms with E-state index in [9.17, 15) is 4.79 Å². The smallest absolute Gasteiger partial charge is 0.319 e. The van der Waals surface area contributed by atoms with Crippen LogP contribution in [0.2, 0.25) is 0 Å². The third kappa shape index (κ3) is 4.32. The highest BCUT2D eigenvalue weighted by molar-refractivity contribution is 5.91. The second kappa shape index (κ2) is 6.27. The summed E-state index contributed by atoms with van der Waals surface area (Å²) in [5.41, 5.74) is 1.81. The van der Waals surface area contributed by atoms with Gasteiger partial charge in [-0.2, -0.15) is 0 Å². The summed E-state index contributed by atoms with van der Waals surface area (Å²) in [5.74, 6) is 0.641. The van der Waals surface area contributed by atoms with Crippen molar-refractivity contribution in [1.29, 1.82) is 0 Å². The molecule has 1 aromatic carbocycles. The zero-order chi connectivity index (χ0) is 14.5. The van der Waals surface area contributed by atoms with Gasteiger partial charge in [0.05, 0.1) is 12.8 Å². The lowest BCUT2D eigenvalue weighted by atomic mass is 9.87. The van der Waals surface area contributed by atoms with E-state index < -0.39 is 0 Å². The zero-order valence-corrected chi connectivity index (χ0v) is 12.0. The van der Waals surface area contributed by atoms with Crippen LogP contribution in [0, 0.1) is 0 Å². The first kappa shape index (κ1) is 15.1. The maximum atomic E-state index is 11.7. The predicted octanol–water partition coefficient (Wildman–Crippen LogP) is 3.30. The summed E-state index contributed by atoms with van der Waals surface area (Å²) >= 11 is 0. The van der Waals surface area contributed by atoms with Gasteiger partial charge in [-0.25, -0.2) is 4.79 Å². The fourth-order valence-electron chi connectivity index (χ4n) is 1.60. The molecular weight excluding hydrogens is 240 g/mol. The molecule has 0 aliphatic heterocycles. The van der Waals surface area contributed by atoms with Crippen LogP contribution in [0.3, 0.4) is 0 Å². The van der Waals surface area contributed by atoms with Gasteiger partial charge in [-0.3, -0.25) is 0 Å². The second-order valence-electron chi connectivity index (χ2n) is 5.29. The molecule has 104 valence electrons. The van der Waals surface area contributed by atoms with Crippen molar-refractivity contribution in [3.05, 3.63) is 36.4 Å². The predicted molar refractivity (Wildman–Crippen MR) is 78.9 cm³/mol. The molecule has 0 aliphatic carbocycles. The molecule has 0 fully saturated rings. The van der Waals surface area contributed by atoms with Crippen LogP contribution in [0.1, 0.15) is 26.3 Å². The summed E-state index contributed by atoms with van der Waals surface area (Å²) in [6, 6.07) is 5.53. The molecule has 2 amide bonds. The summed E-state index contributed by atoms with van der Waals surface area (Å²) in [4.78, 5) is 11.7. The first-order chi connectivity index (χ1) is 8.88. The number of anilines is 1. The molecule has 0 aliphatic rings. The SMILES string of the molecule is C=CCNC(=O)Nc1cc(C(C)(C)C)ccc1OC. The summed E-state index contributed by atoms with van der Waals surface area (Å²) in [6.07, 6.45) is 1.63. The van der Waals surface area contributed by atoms with E-state index in [4.69, 9.17) is 4.74 Å². The largest absolute Gasteiger partial charge is 0.495 e. The second-order valence-corrected chi connectivity index (χ2v) is 5.29. The van der Waals surface area contributed by atoms with Crippen LogP contribution in [0.25, 0.3) is 0 Å². The number of methoxy groups -OCH3 is 1. The van der Waals surface area contributed by atoms with Crippen molar-refractivity contribution in [1.82, 2.24) is 5.32 Å². The van der Waals surface area contributed by atoms with E-state index in [0.717, 1.165) is 5.56 Å². The molecule has 0 aromatic heterocycles. The monoisotopic (exact) mass is 262 g/mol. The maximum Gasteiger partial charge on any atom is 0.319 e.